The van der Waals surface area contributed by atoms with E-state index in [1.807, 2.05) is 42.5 Å². The molecule has 0 aliphatic heterocycles. The first-order chi connectivity index (χ1) is 21.8. The zero-order valence-corrected chi connectivity index (χ0v) is 25.8. The first-order valence-electron chi connectivity index (χ1n) is 15.0. The molecule has 0 saturated heterocycles. The monoisotopic (exact) mass is 587 g/mol. The number of aromatic nitrogens is 1. The lowest BCUT2D eigenvalue weighted by atomic mass is 9.89. The van der Waals surface area contributed by atoms with Crippen LogP contribution in [0.2, 0.25) is 0 Å². The molecule has 6 nitrogen and oxygen atoms in total. The summed E-state index contributed by atoms with van der Waals surface area (Å²) >= 11 is 0. The molecule has 2 aliphatic rings. The highest BCUT2D eigenvalue weighted by molar-refractivity contribution is 5.99. The van der Waals surface area contributed by atoms with Crippen molar-refractivity contribution in [1.82, 2.24) is 4.57 Å². The number of benzene rings is 1. The number of hydrogen-bond acceptors (Lipinski definition) is 5. The summed E-state index contributed by atoms with van der Waals surface area (Å²) < 4.78 is 8.59. The third kappa shape index (κ3) is 6.15. The second kappa shape index (κ2) is 13.2. The summed E-state index contributed by atoms with van der Waals surface area (Å²) in [6, 6.07) is 18.4. The smallest absolute Gasteiger partial charge is 0.135 e. The van der Waals surface area contributed by atoms with Crippen molar-refractivity contribution in [1.29, 1.82) is 21.0 Å². The average molecular weight is 588 g/mol. The molecule has 1 unspecified atom stereocenters. The first kappa shape index (κ1) is 30.6. The number of nitriles is 4. The number of aryl methyl sites for hydroxylation is 1. The number of allylic oxidation sites excluding steroid dienone is 11. The van der Waals surface area contributed by atoms with E-state index in [1.165, 1.54) is 33.3 Å². The molecule has 2 heterocycles. The Hall–Kier alpha value is -5.82. The van der Waals surface area contributed by atoms with Gasteiger partial charge in [-0.2, -0.15) is 21.0 Å². The number of fused-ring (bicyclic) bond motifs is 3. The molecule has 0 spiro atoms. The van der Waals surface area contributed by atoms with Crippen LogP contribution in [0.25, 0.3) is 34.2 Å². The van der Waals surface area contributed by atoms with Crippen molar-refractivity contribution in [2.24, 2.45) is 5.92 Å². The quantitative estimate of drug-likeness (QED) is 0.192. The molecular weight excluding hydrogens is 554 g/mol. The van der Waals surface area contributed by atoms with Crippen molar-refractivity contribution in [2.45, 2.75) is 53.0 Å². The van der Waals surface area contributed by atoms with Gasteiger partial charge in [-0.3, -0.25) is 0 Å². The minimum atomic E-state index is 0.0799. The Morgan fingerprint density at radius 2 is 1.71 bits per heavy atom. The van der Waals surface area contributed by atoms with Crippen LogP contribution in [0.15, 0.2) is 93.5 Å². The topological polar surface area (TPSA) is 113 Å². The fourth-order valence-corrected chi connectivity index (χ4v) is 6.02. The molecule has 0 fully saturated rings. The summed E-state index contributed by atoms with van der Waals surface area (Å²) in [5.74, 6) is 1.71. The van der Waals surface area contributed by atoms with Gasteiger partial charge in [0.15, 0.2) is 0 Å². The van der Waals surface area contributed by atoms with Gasteiger partial charge in [0.2, 0.25) is 0 Å². The second-order valence-electron chi connectivity index (χ2n) is 11.5. The van der Waals surface area contributed by atoms with Crippen molar-refractivity contribution >= 4 is 34.2 Å². The van der Waals surface area contributed by atoms with Gasteiger partial charge in [-0.1, -0.05) is 49.9 Å². The molecule has 0 saturated carbocycles. The lowest BCUT2D eigenvalue weighted by molar-refractivity contribution is 0.543. The van der Waals surface area contributed by atoms with Crippen LogP contribution in [0.3, 0.4) is 0 Å². The highest BCUT2D eigenvalue weighted by Gasteiger charge is 2.25. The van der Waals surface area contributed by atoms with Crippen LogP contribution < -0.4 is 0 Å². The summed E-state index contributed by atoms with van der Waals surface area (Å²) in [5, 5.41) is 37.7. The van der Waals surface area contributed by atoms with Crippen molar-refractivity contribution in [2.75, 3.05) is 0 Å². The van der Waals surface area contributed by atoms with E-state index in [-0.39, 0.29) is 11.1 Å². The Morgan fingerprint density at radius 3 is 2.40 bits per heavy atom. The molecular formula is C39H33N5O. The van der Waals surface area contributed by atoms with Crippen LogP contribution in [-0.2, 0) is 13.0 Å². The van der Waals surface area contributed by atoms with Gasteiger partial charge in [-0.25, -0.2) is 0 Å². The number of rotatable bonds is 8. The third-order valence-corrected chi connectivity index (χ3v) is 8.48. The molecule has 45 heavy (non-hydrogen) atoms. The molecule has 6 heteroatoms. The van der Waals surface area contributed by atoms with E-state index in [0.29, 0.717) is 22.8 Å². The molecule has 0 radical (unpaired) electrons. The van der Waals surface area contributed by atoms with Crippen LogP contribution in [-0.4, -0.2) is 4.57 Å². The van der Waals surface area contributed by atoms with E-state index in [1.54, 1.807) is 26.0 Å². The maximum atomic E-state index is 9.13. The summed E-state index contributed by atoms with van der Waals surface area (Å²) in [6.07, 6.45) is 15.6. The van der Waals surface area contributed by atoms with Gasteiger partial charge in [0.25, 0.3) is 0 Å². The lowest BCUT2D eigenvalue weighted by Gasteiger charge is -2.17. The number of hydrogen-bond donors (Lipinski definition) is 0. The van der Waals surface area contributed by atoms with E-state index in [0.717, 1.165) is 49.1 Å². The van der Waals surface area contributed by atoms with Crippen LogP contribution in [0.1, 0.15) is 68.4 Å². The molecule has 1 aromatic carbocycles. The SMILES string of the molecule is C=C1Cc2c(n(CCC)c3cc(C4=CCC(/C=C/C(C)=C(C#N)C#N)C4)ccc23)C=C1c1ccc(/C=C/C(C)=C(C#N)C#N)o1. The fraction of sp³-hybridized carbons (Fsp3) is 0.231. The van der Waals surface area contributed by atoms with Gasteiger partial charge in [0.05, 0.1) is 0 Å². The Labute approximate surface area is 264 Å². The largest absolute Gasteiger partial charge is 0.457 e. The standard InChI is InChI=1S/C39H33N5O/c1-5-16-44-37-19-30(29-10-9-28(18-29)8-6-25(2)31(21-40)22-41)11-14-34(37)36-17-27(4)35(20-38(36)44)39-15-13-33(45-39)12-7-26(3)32(23-42)24-43/h6-8,10-15,19-20,28H,4-5,9,16-18H2,1-3H3/b8-6+,12-7+. The third-order valence-electron chi connectivity index (χ3n) is 8.48. The molecule has 0 bridgehead atoms. The van der Waals surface area contributed by atoms with Crippen molar-refractivity contribution in [3.05, 3.63) is 117 Å². The normalized spacial score (nSPS) is 15.6. The lowest BCUT2D eigenvalue weighted by Crippen LogP contribution is -2.05. The Morgan fingerprint density at radius 1 is 1.00 bits per heavy atom. The summed E-state index contributed by atoms with van der Waals surface area (Å²) in [7, 11) is 0. The predicted molar refractivity (Wildman–Crippen MR) is 178 cm³/mol. The van der Waals surface area contributed by atoms with E-state index in [9.17, 15) is 0 Å². The molecule has 5 rings (SSSR count). The number of furan rings is 1. The van der Waals surface area contributed by atoms with Crippen molar-refractivity contribution in [3.8, 4) is 24.3 Å². The molecule has 1 atom stereocenters. The summed E-state index contributed by atoms with van der Waals surface area (Å²) in [6.45, 7) is 11.0. The summed E-state index contributed by atoms with van der Waals surface area (Å²) in [4.78, 5) is 0. The van der Waals surface area contributed by atoms with E-state index >= 15 is 0 Å². The maximum absolute atomic E-state index is 9.13. The number of nitrogens with zero attached hydrogens (tertiary/aromatic N) is 5. The molecule has 2 aromatic heterocycles. The van der Waals surface area contributed by atoms with Crippen LogP contribution in [0.4, 0.5) is 0 Å². The minimum absolute atomic E-state index is 0.0799. The fourth-order valence-electron chi connectivity index (χ4n) is 6.02. The van der Waals surface area contributed by atoms with Crippen molar-refractivity contribution in [3.63, 3.8) is 0 Å². The van der Waals surface area contributed by atoms with Crippen LogP contribution >= 0.6 is 0 Å². The molecule has 2 aliphatic carbocycles. The zero-order valence-electron chi connectivity index (χ0n) is 25.8. The van der Waals surface area contributed by atoms with Crippen LogP contribution in [0.5, 0.6) is 0 Å². The highest BCUT2D eigenvalue weighted by atomic mass is 16.3. The second-order valence-corrected chi connectivity index (χ2v) is 11.5. The molecule has 220 valence electrons. The predicted octanol–water partition coefficient (Wildman–Crippen LogP) is 9.39. The molecule has 3 aromatic rings. The maximum Gasteiger partial charge on any atom is 0.135 e. The van der Waals surface area contributed by atoms with E-state index in [4.69, 9.17) is 25.5 Å². The average Bonchev–Trinajstić information content (AvgIpc) is 3.78. The van der Waals surface area contributed by atoms with Crippen LogP contribution in [0, 0.1) is 51.2 Å². The van der Waals surface area contributed by atoms with E-state index in [2.05, 4.69) is 54.5 Å². The first-order valence-corrected chi connectivity index (χ1v) is 15.0. The van der Waals surface area contributed by atoms with Gasteiger partial charge in [0, 0.05) is 35.1 Å². The molecule has 0 N–H and O–H groups in total. The highest BCUT2D eigenvalue weighted by Crippen LogP contribution is 2.41. The minimum Gasteiger partial charge on any atom is -0.457 e. The van der Waals surface area contributed by atoms with Gasteiger partial charge >= 0.3 is 0 Å². The van der Waals surface area contributed by atoms with E-state index < -0.39 is 0 Å². The van der Waals surface area contributed by atoms with Gasteiger partial charge in [0.1, 0.15) is 46.9 Å². The van der Waals surface area contributed by atoms with Gasteiger partial charge < -0.3 is 8.98 Å². The Balaban J connectivity index is 1.45. The van der Waals surface area contributed by atoms with Crippen molar-refractivity contribution < 1.29 is 4.42 Å². The Bertz CT molecular complexity index is 2040. The zero-order chi connectivity index (χ0) is 32.1. The summed E-state index contributed by atoms with van der Waals surface area (Å²) in [5.41, 5.74) is 9.70. The van der Waals surface area contributed by atoms with Gasteiger partial charge in [-0.05, 0) is 103 Å². The Kier molecular flexibility index (Phi) is 9.00. The molecule has 0 amide bonds. The van der Waals surface area contributed by atoms with Gasteiger partial charge in [-0.15, -0.1) is 0 Å².